The van der Waals surface area contributed by atoms with Crippen LogP contribution in [-0.4, -0.2) is 39.2 Å². The minimum atomic E-state index is -1.02. The second kappa shape index (κ2) is 6.11. The molecule has 1 aliphatic rings. The number of carboxylic acid groups (broad SMARTS) is 1. The number of thioether (sulfide) groups is 1. The van der Waals surface area contributed by atoms with Gasteiger partial charge in [-0.3, -0.25) is 4.90 Å². The summed E-state index contributed by atoms with van der Waals surface area (Å²) in [6, 6.07) is 3.52. The molecule has 20 heavy (non-hydrogen) atoms. The quantitative estimate of drug-likeness (QED) is 0.869. The molecule has 2 rings (SSSR count). The summed E-state index contributed by atoms with van der Waals surface area (Å²) in [4.78, 5) is 24.7. The van der Waals surface area contributed by atoms with Crippen LogP contribution in [0.3, 0.4) is 0 Å². The highest BCUT2D eigenvalue weighted by molar-refractivity contribution is 8.00. The number of hydrogen-bond donors (Lipinski definition) is 2. The molecule has 0 bridgehead atoms. The van der Waals surface area contributed by atoms with Crippen molar-refractivity contribution in [2.45, 2.75) is 18.3 Å². The summed E-state index contributed by atoms with van der Waals surface area (Å²) in [5.74, 6) is -0.651. The van der Waals surface area contributed by atoms with E-state index in [1.165, 1.54) is 16.7 Å². The largest absolute Gasteiger partial charge is 0.480 e. The number of benzene rings is 1. The highest BCUT2D eigenvalue weighted by atomic mass is 35.5. The molecule has 0 aromatic heterocycles. The van der Waals surface area contributed by atoms with Crippen LogP contribution in [0.15, 0.2) is 18.2 Å². The molecular formula is C12H12Cl2N2O3S. The van der Waals surface area contributed by atoms with Crippen LogP contribution in [0.1, 0.15) is 6.92 Å². The number of rotatable bonds is 2. The molecule has 1 fully saturated rings. The summed E-state index contributed by atoms with van der Waals surface area (Å²) in [5, 5.41) is 12.1. The van der Waals surface area contributed by atoms with E-state index in [9.17, 15) is 9.59 Å². The Bertz CT molecular complexity index is 556. The van der Waals surface area contributed by atoms with Gasteiger partial charge in [-0.2, -0.15) is 0 Å². The first-order chi connectivity index (χ1) is 9.41. The summed E-state index contributed by atoms with van der Waals surface area (Å²) < 4.78 is 0. The molecule has 0 radical (unpaired) electrons. The Kier molecular flexibility index (Phi) is 4.67. The highest BCUT2D eigenvalue weighted by Crippen LogP contribution is 2.32. The summed E-state index contributed by atoms with van der Waals surface area (Å²) >= 11 is 13.3. The first-order valence-corrected chi connectivity index (χ1v) is 7.60. The van der Waals surface area contributed by atoms with Crippen LogP contribution in [0.5, 0.6) is 0 Å². The zero-order chi connectivity index (χ0) is 14.9. The molecular weight excluding hydrogens is 323 g/mol. The van der Waals surface area contributed by atoms with Gasteiger partial charge in [0.25, 0.3) is 0 Å². The van der Waals surface area contributed by atoms with Gasteiger partial charge >= 0.3 is 12.0 Å². The van der Waals surface area contributed by atoms with E-state index >= 15 is 0 Å². The molecule has 8 heteroatoms. The van der Waals surface area contributed by atoms with Gasteiger partial charge in [0.15, 0.2) is 0 Å². The van der Waals surface area contributed by atoms with E-state index < -0.39 is 18.0 Å². The predicted octanol–water partition coefficient (Wildman–Crippen LogP) is 3.37. The van der Waals surface area contributed by atoms with Crippen molar-refractivity contribution in [1.29, 1.82) is 0 Å². The molecule has 0 spiro atoms. The maximum atomic E-state index is 12.2. The van der Waals surface area contributed by atoms with Crippen molar-refractivity contribution in [1.82, 2.24) is 4.90 Å². The molecule has 2 unspecified atom stereocenters. The lowest BCUT2D eigenvalue weighted by Crippen LogP contribution is -2.46. The van der Waals surface area contributed by atoms with Crippen molar-refractivity contribution < 1.29 is 14.7 Å². The zero-order valence-electron chi connectivity index (χ0n) is 10.5. The number of carboxylic acids is 1. The number of halogens is 2. The van der Waals surface area contributed by atoms with E-state index in [4.69, 9.17) is 28.3 Å². The van der Waals surface area contributed by atoms with Crippen molar-refractivity contribution in [2.24, 2.45) is 0 Å². The first-order valence-electron chi connectivity index (χ1n) is 5.79. The molecule has 2 atom stereocenters. The predicted molar refractivity (Wildman–Crippen MR) is 80.7 cm³/mol. The zero-order valence-corrected chi connectivity index (χ0v) is 12.8. The molecule has 0 saturated carbocycles. The molecule has 0 aliphatic carbocycles. The number of urea groups is 1. The van der Waals surface area contributed by atoms with Gasteiger partial charge in [0, 0.05) is 5.75 Å². The van der Waals surface area contributed by atoms with Crippen molar-refractivity contribution in [3.05, 3.63) is 28.2 Å². The van der Waals surface area contributed by atoms with Gasteiger partial charge in [-0.1, -0.05) is 29.3 Å². The Hall–Kier alpha value is -1.11. The monoisotopic (exact) mass is 334 g/mol. The number of carbonyl (C=O) groups is 2. The van der Waals surface area contributed by atoms with Crippen molar-refractivity contribution >= 4 is 52.7 Å². The minimum absolute atomic E-state index is 0.214. The lowest BCUT2D eigenvalue weighted by Gasteiger charge is -2.25. The molecule has 1 saturated heterocycles. The third kappa shape index (κ3) is 2.97. The van der Waals surface area contributed by atoms with Gasteiger partial charge in [0.2, 0.25) is 0 Å². The van der Waals surface area contributed by atoms with Gasteiger partial charge in [-0.05, 0) is 19.1 Å². The van der Waals surface area contributed by atoms with Gasteiger partial charge < -0.3 is 10.4 Å². The van der Waals surface area contributed by atoms with Crippen molar-refractivity contribution in [3.8, 4) is 0 Å². The summed E-state index contributed by atoms with van der Waals surface area (Å²) in [5.41, 5.74) is 0.359. The van der Waals surface area contributed by atoms with E-state index in [2.05, 4.69) is 5.32 Å². The number of nitrogens with zero attached hydrogens (tertiary/aromatic N) is 1. The summed E-state index contributed by atoms with van der Waals surface area (Å²) in [7, 11) is 0. The summed E-state index contributed by atoms with van der Waals surface area (Å²) in [6.07, 6.45) is 0. The molecule has 1 heterocycles. The van der Waals surface area contributed by atoms with Gasteiger partial charge in [-0.25, -0.2) is 9.59 Å². The second-order valence-corrected chi connectivity index (χ2v) is 6.36. The number of nitrogens with one attached hydrogen (secondary N) is 1. The molecule has 108 valence electrons. The Morgan fingerprint density at radius 2 is 2.15 bits per heavy atom. The highest BCUT2D eigenvalue weighted by Gasteiger charge is 2.39. The fourth-order valence-electron chi connectivity index (χ4n) is 1.92. The number of hydrogen-bond acceptors (Lipinski definition) is 3. The lowest BCUT2D eigenvalue weighted by molar-refractivity contribution is -0.141. The smallest absolute Gasteiger partial charge is 0.327 e. The van der Waals surface area contributed by atoms with Gasteiger partial charge in [-0.15, -0.1) is 11.8 Å². The van der Waals surface area contributed by atoms with Crippen LogP contribution < -0.4 is 5.32 Å². The molecule has 1 aromatic carbocycles. The topological polar surface area (TPSA) is 69.6 Å². The maximum absolute atomic E-state index is 12.2. The molecule has 5 nitrogen and oxygen atoms in total. The van der Waals surface area contributed by atoms with Crippen molar-refractivity contribution in [2.75, 3.05) is 11.1 Å². The SMILES string of the molecule is CC1SCC(C(=O)O)N1C(=O)Nc1cccc(Cl)c1Cl. The van der Waals surface area contributed by atoms with Crippen LogP contribution in [0, 0.1) is 0 Å². The van der Waals surface area contributed by atoms with Crippen LogP contribution >= 0.6 is 35.0 Å². The Morgan fingerprint density at radius 3 is 2.80 bits per heavy atom. The van der Waals surface area contributed by atoms with E-state index in [1.54, 1.807) is 25.1 Å². The fourth-order valence-corrected chi connectivity index (χ4v) is 3.44. The Labute approximate surface area is 130 Å². The third-order valence-corrected chi connectivity index (χ3v) is 4.97. The average Bonchev–Trinajstić information content (AvgIpc) is 2.77. The normalized spacial score (nSPS) is 21.9. The van der Waals surface area contributed by atoms with Crippen LogP contribution in [0.25, 0.3) is 0 Å². The van der Waals surface area contributed by atoms with E-state index in [1.807, 2.05) is 0 Å². The van der Waals surface area contributed by atoms with Gasteiger partial charge in [0.05, 0.1) is 21.1 Å². The Balaban J connectivity index is 2.19. The third-order valence-electron chi connectivity index (χ3n) is 2.94. The first kappa shape index (κ1) is 15.3. The lowest BCUT2D eigenvalue weighted by atomic mass is 10.3. The number of anilines is 1. The second-order valence-electron chi connectivity index (χ2n) is 4.23. The number of aliphatic carboxylic acids is 1. The summed E-state index contributed by atoms with van der Waals surface area (Å²) in [6.45, 7) is 1.78. The Morgan fingerprint density at radius 1 is 1.45 bits per heavy atom. The van der Waals surface area contributed by atoms with E-state index in [0.29, 0.717) is 16.5 Å². The molecule has 2 amide bonds. The fraction of sp³-hybridized carbons (Fsp3) is 0.333. The minimum Gasteiger partial charge on any atom is -0.480 e. The number of carbonyl (C=O) groups excluding carboxylic acids is 1. The number of amides is 2. The van der Waals surface area contributed by atoms with E-state index in [0.717, 1.165) is 0 Å². The van der Waals surface area contributed by atoms with Gasteiger partial charge in [0.1, 0.15) is 6.04 Å². The van der Waals surface area contributed by atoms with Crippen molar-refractivity contribution in [3.63, 3.8) is 0 Å². The molecule has 1 aromatic rings. The molecule has 1 aliphatic heterocycles. The maximum Gasteiger partial charge on any atom is 0.327 e. The van der Waals surface area contributed by atoms with Crippen LogP contribution in [-0.2, 0) is 4.79 Å². The van der Waals surface area contributed by atoms with E-state index in [-0.39, 0.29) is 10.4 Å². The van der Waals surface area contributed by atoms with Crippen LogP contribution in [0.2, 0.25) is 10.0 Å². The average molecular weight is 335 g/mol. The standard InChI is InChI=1S/C12H12Cl2N2O3S/c1-6-16(9(5-20-6)11(17)18)12(19)15-8-4-2-3-7(13)10(8)14/h2-4,6,9H,5H2,1H3,(H,15,19)(H,17,18). The van der Waals surface area contributed by atoms with Crippen LogP contribution in [0.4, 0.5) is 10.5 Å². The molecule has 2 N–H and O–H groups in total.